The monoisotopic (exact) mass is 210 g/mol. The number of thiophene rings is 1. The van der Waals surface area contributed by atoms with Crippen LogP contribution < -0.4 is 0 Å². The molecule has 14 heavy (non-hydrogen) atoms. The second-order valence-electron chi connectivity index (χ2n) is 3.63. The van der Waals surface area contributed by atoms with Crippen LogP contribution in [-0.4, -0.2) is 18.5 Å². The molecule has 1 aliphatic rings. The number of hydrogen-bond donors (Lipinski definition) is 0. The molecule has 1 aromatic heterocycles. The fourth-order valence-corrected chi connectivity index (χ4v) is 2.38. The van der Waals surface area contributed by atoms with Gasteiger partial charge in [-0.25, -0.2) is 0 Å². The first kappa shape index (κ1) is 9.87. The molecular weight excluding hydrogens is 196 g/mol. The quantitative estimate of drug-likeness (QED) is 0.717. The van der Waals surface area contributed by atoms with E-state index in [-0.39, 0.29) is 11.9 Å². The van der Waals surface area contributed by atoms with Gasteiger partial charge in [0.15, 0.2) is 5.78 Å². The Morgan fingerprint density at radius 2 is 2.50 bits per heavy atom. The van der Waals surface area contributed by atoms with Crippen molar-refractivity contribution in [3.05, 3.63) is 22.4 Å². The third-order valence-electron chi connectivity index (χ3n) is 2.53. The highest BCUT2D eigenvalue weighted by atomic mass is 32.1. The van der Waals surface area contributed by atoms with Crippen LogP contribution in [0.3, 0.4) is 0 Å². The normalized spacial score (nSPS) is 22.1. The van der Waals surface area contributed by atoms with E-state index in [1.165, 1.54) is 6.42 Å². The Bertz CT molecular complexity index is 286. The highest BCUT2D eigenvalue weighted by Gasteiger charge is 2.18. The lowest BCUT2D eigenvalue weighted by Gasteiger charge is -2.21. The van der Waals surface area contributed by atoms with Crippen molar-refractivity contribution in [1.82, 2.24) is 0 Å². The average molecular weight is 210 g/mol. The Morgan fingerprint density at radius 3 is 3.14 bits per heavy atom. The van der Waals surface area contributed by atoms with Gasteiger partial charge in [-0.1, -0.05) is 0 Å². The minimum absolute atomic E-state index is 0.163. The number of carbonyl (C=O) groups excluding carboxylic acids is 1. The summed E-state index contributed by atoms with van der Waals surface area (Å²) in [5.41, 5.74) is 0.837. The van der Waals surface area contributed by atoms with Crippen LogP contribution in [0.1, 0.15) is 36.0 Å². The van der Waals surface area contributed by atoms with Crippen molar-refractivity contribution in [3.8, 4) is 0 Å². The molecule has 2 nitrogen and oxygen atoms in total. The third kappa shape index (κ3) is 2.42. The molecule has 0 amide bonds. The van der Waals surface area contributed by atoms with Gasteiger partial charge in [-0.3, -0.25) is 4.79 Å². The lowest BCUT2D eigenvalue weighted by molar-refractivity contribution is 0.0129. The van der Waals surface area contributed by atoms with E-state index in [2.05, 4.69) is 0 Å². The zero-order valence-corrected chi connectivity index (χ0v) is 8.89. The first-order valence-corrected chi connectivity index (χ1v) is 5.97. The Labute approximate surface area is 87.9 Å². The van der Waals surface area contributed by atoms with Gasteiger partial charge in [0.25, 0.3) is 0 Å². The predicted octanol–water partition coefficient (Wildman–Crippen LogP) is 2.89. The lowest BCUT2D eigenvalue weighted by atomic mass is 10.0. The second-order valence-corrected chi connectivity index (χ2v) is 4.41. The summed E-state index contributed by atoms with van der Waals surface area (Å²) in [6, 6.07) is 1.88. The number of ether oxygens (including phenoxy) is 1. The van der Waals surface area contributed by atoms with Gasteiger partial charge in [0.2, 0.25) is 0 Å². The maximum absolute atomic E-state index is 11.7. The van der Waals surface area contributed by atoms with E-state index in [1.807, 2.05) is 16.8 Å². The molecule has 2 rings (SSSR count). The molecule has 1 aromatic rings. The van der Waals surface area contributed by atoms with Crippen LogP contribution in [0.15, 0.2) is 16.8 Å². The van der Waals surface area contributed by atoms with Crippen LogP contribution in [0.4, 0.5) is 0 Å². The van der Waals surface area contributed by atoms with Crippen molar-refractivity contribution in [3.63, 3.8) is 0 Å². The maximum atomic E-state index is 11.7. The van der Waals surface area contributed by atoms with E-state index < -0.39 is 0 Å². The summed E-state index contributed by atoms with van der Waals surface area (Å²) in [4.78, 5) is 11.7. The van der Waals surface area contributed by atoms with Gasteiger partial charge in [0.1, 0.15) is 0 Å². The molecule has 1 fully saturated rings. The molecule has 1 unspecified atom stereocenters. The SMILES string of the molecule is O=C(CC1CCCCO1)c1ccsc1. The predicted molar refractivity (Wildman–Crippen MR) is 56.9 cm³/mol. The highest BCUT2D eigenvalue weighted by molar-refractivity contribution is 7.08. The van der Waals surface area contributed by atoms with Crippen molar-refractivity contribution in [2.24, 2.45) is 0 Å². The molecule has 0 bridgehead atoms. The van der Waals surface area contributed by atoms with Crippen LogP contribution in [0.2, 0.25) is 0 Å². The van der Waals surface area contributed by atoms with Gasteiger partial charge in [0, 0.05) is 24.0 Å². The summed E-state index contributed by atoms with van der Waals surface area (Å²) in [7, 11) is 0. The first-order chi connectivity index (χ1) is 6.86. The Morgan fingerprint density at radius 1 is 1.57 bits per heavy atom. The van der Waals surface area contributed by atoms with Crippen molar-refractivity contribution in [2.45, 2.75) is 31.8 Å². The lowest BCUT2D eigenvalue weighted by Crippen LogP contribution is -2.22. The van der Waals surface area contributed by atoms with Crippen molar-refractivity contribution < 1.29 is 9.53 Å². The van der Waals surface area contributed by atoms with E-state index in [0.29, 0.717) is 6.42 Å². The molecule has 0 N–H and O–H groups in total. The minimum Gasteiger partial charge on any atom is -0.378 e. The Hall–Kier alpha value is -0.670. The number of ketones is 1. The zero-order valence-electron chi connectivity index (χ0n) is 8.07. The Kier molecular flexibility index (Phi) is 3.32. The standard InChI is InChI=1S/C11H14O2S/c12-11(9-4-6-14-8-9)7-10-3-1-2-5-13-10/h4,6,8,10H,1-3,5,7H2. The molecule has 1 saturated heterocycles. The van der Waals surface area contributed by atoms with Crippen molar-refractivity contribution in [2.75, 3.05) is 6.61 Å². The minimum atomic E-state index is 0.163. The number of Topliss-reactive ketones (excluding diaryl/α,β-unsaturated/α-hetero) is 1. The largest absolute Gasteiger partial charge is 0.378 e. The molecule has 0 saturated carbocycles. The smallest absolute Gasteiger partial charge is 0.166 e. The molecule has 0 aliphatic carbocycles. The van der Waals surface area contributed by atoms with E-state index in [4.69, 9.17) is 4.74 Å². The van der Waals surface area contributed by atoms with Crippen molar-refractivity contribution in [1.29, 1.82) is 0 Å². The van der Waals surface area contributed by atoms with E-state index in [1.54, 1.807) is 11.3 Å². The fraction of sp³-hybridized carbons (Fsp3) is 0.545. The van der Waals surface area contributed by atoms with E-state index >= 15 is 0 Å². The van der Waals surface area contributed by atoms with Crippen LogP contribution in [-0.2, 0) is 4.74 Å². The topological polar surface area (TPSA) is 26.3 Å². The van der Waals surface area contributed by atoms with Gasteiger partial charge < -0.3 is 4.74 Å². The number of rotatable bonds is 3. The molecular formula is C11H14O2S. The second kappa shape index (κ2) is 4.71. The molecule has 76 valence electrons. The Balaban J connectivity index is 1.87. The summed E-state index contributed by atoms with van der Waals surface area (Å²) in [5.74, 6) is 0.221. The molecule has 0 spiro atoms. The molecule has 0 radical (unpaired) electrons. The number of carbonyl (C=O) groups is 1. The number of hydrogen-bond acceptors (Lipinski definition) is 3. The van der Waals surface area contributed by atoms with Gasteiger partial charge in [-0.05, 0) is 30.7 Å². The molecule has 1 aliphatic heterocycles. The van der Waals surface area contributed by atoms with Crippen LogP contribution in [0.5, 0.6) is 0 Å². The van der Waals surface area contributed by atoms with Crippen LogP contribution >= 0.6 is 11.3 Å². The molecule has 3 heteroatoms. The molecule has 0 aromatic carbocycles. The van der Waals surface area contributed by atoms with Gasteiger partial charge in [0.05, 0.1) is 6.10 Å². The molecule has 1 atom stereocenters. The van der Waals surface area contributed by atoms with Gasteiger partial charge >= 0.3 is 0 Å². The molecule has 2 heterocycles. The average Bonchev–Trinajstić information content (AvgIpc) is 2.72. The summed E-state index contributed by atoms with van der Waals surface area (Å²) in [5, 5.41) is 3.85. The summed E-state index contributed by atoms with van der Waals surface area (Å²) in [6.45, 7) is 0.821. The van der Waals surface area contributed by atoms with Gasteiger partial charge in [-0.2, -0.15) is 11.3 Å². The van der Waals surface area contributed by atoms with Crippen LogP contribution in [0, 0.1) is 0 Å². The summed E-state index contributed by atoms with van der Waals surface area (Å²) >= 11 is 1.57. The first-order valence-electron chi connectivity index (χ1n) is 5.03. The zero-order chi connectivity index (χ0) is 9.80. The summed E-state index contributed by atoms with van der Waals surface area (Å²) in [6.07, 6.45) is 4.09. The third-order valence-corrected chi connectivity index (χ3v) is 3.21. The van der Waals surface area contributed by atoms with Crippen LogP contribution in [0.25, 0.3) is 0 Å². The fourth-order valence-electron chi connectivity index (χ4n) is 1.72. The van der Waals surface area contributed by atoms with E-state index in [0.717, 1.165) is 25.0 Å². The van der Waals surface area contributed by atoms with Crippen molar-refractivity contribution >= 4 is 17.1 Å². The van der Waals surface area contributed by atoms with E-state index in [9.17, 15) is 4.79 Å². The van der Waals surface area contributed by atoms with Gasteiger partial charge in [-0.15, -0.1) is 0 Å². The summed E-state index contributed by atoms with van der Waals surface area (Å²) < 4.78 is 5.53. The maximum Gasteiger partial charge on any atom is 0.166 e. The highest BCUT2D eigenvalue weighted by Crippen LogP contribution is 2.18.